The number of rotatable bonds is 9. The third-order valence-corrected chi connectivity index (χ3v) is 6.01. The van der Waals surface area contributed by atoms with Gasteiger partial charge in [0.1, 0.15) is 0 Å². The predicted molar refractivity (Wildman–Crippen MR) is 124 cm³/mol. The van der Waals surface area contributed by atoms with E-state index in [1.165, 1.54) is 12.1 Å². The molecule has 1 aromatic heterocycles. The average Bonchev–Trinajstić information content (AvgIpc) is 2.85. The molecule has 36 heavy (non-hydrogen) atoms. The number of carbonyl (C=O) groups excluding carboxylic acids is 2. The lowest BCUT2D eigenvalue weighted by molar-refractivity contribution is -0.274. The van der Waals surface area contributed by atoms with Gasteiger partial charge in [-0.25, -0.2) is 0 Å². The predicted octanol–water partition coefficient (Wildman–Crippen LogP) is 1.74. The molecule has 0 saturated carbocycles. The van der Waals surface area contributed by atoms with Crippen LogP contribution in [0.5, 0.6) is 5.75 Å². The lowest BCUT2D eigenvalue weighted by atomic mass is 9.94. The van der Waals surface area contributed by atoms with Crippen LogP contribution in [0.25, 0.3) is 0 Å². The molecule has 1 aliphatic rings. The van der Waals surface area contributed by atoms with Gasteiger partial charge in [0.15, 0.2) is 17.5 Å². The van der Waals surface area contributed by atoms with Crippen molar-refractivity contribution < 1.29 is 37.7 Å². The van der Waals surface area contributed by atoms with Crippen molar-refractivity contribution in [1.29, 1.82) is 0 Å². The molecule has 196 valence electrons. The number of pyridine rings is 1. The summed E-state index contributed by atoms with van der Waals surface area (Å²) >= 11 is 0. The molecule has 1 saturated heterocycles. The van der Waals surface area contributed by atoms with E-state index >= 15 is 0 Å². The molecule has 1 aromatic carbocycles. The van der Waals surface area contributed by atoms with E-state index in [1.54, 1.807) is 41.4 Å². The molecule has 3 rings (SSSR count). The molecule has 0 aliphatic carbocycles. The van der Waals surface area contributed by atoms with Crippen molar-refractivity contribution in [2.45, 2.75) is 44.4 Å². The number of nitrogens with one attached hydrogen (secondary N) is 2. The van der Waals surface area contributed by atoms with Gasteiger partial charge in [0.05, 0.1) is 17.9 Å². The minimum absolute atomic E-state index is 0.00757. The SMILES string of the molecule is C[C@](O)(C(=O)NCC1CCN(c2ccccc2OC(F)(F)F)CC1)[C@@H](O)C(=O)NCc1ccccn1. The van der Waals surface area contributed by atoms with Crippen molar-refractivity contribution in [1.82, 2.24) is 15.6 Å². The molecule has 4 N–H and O–H groups in total. The maximum absolute atomic E-state index is 12.7. The van der Waals surface area contributed by atoms with E-state index in [4.69, 9.17) is 0 Å². The summed E-state index contributed by atoms with van der Waals surface area (Å²) in [6.07, 6.45) is -4.13. The fourth-order valence-electron chi connectivity index (χ4n) is 3.88. The lowest BCUT2D eigenvalue weighted by Crippen LogP contribution is -2.58. The Balaban J connectivity index is 1.48. The van der Waals surface area contributed by atoms with Crippen molar-refractivity contribution >= 4 is 17.5 Å². The van der Waals surface area contributed by atoms with E-state index in [2.05, 4.69) is 20.4 Å². The number of aromatic nitrogens is 1. The van der Waals surface area contributed by atoms with Crippen LogP contribution < -0.4 is 20.3 Å². The minimum atomic E-state index is -4.80. The van der Waals surface area contributed by atoms with Crippen molar-refractivity contribution in [2.24, 2.45) is 5.92 Å². The Morgan fingerprint density at radius 1 is 1.14 bits per heavy atom. The third kappa shape index (κ3) is 7.31. The maximum atomic E-state index is 12.7. The van der Waals surface area contributed by atoms with E-state index in [-0.39, 0.29) is 24.8 Å². The van der Waals surface area contributed by atoms with Gasteiger partial charge in [0.25, 0.3) is 11.8 Å². The molecule has 0 radical (unpaired) electrons. The van der Waals surface area contributed by atoms with Crippen LogP contribution in [-0.4, -0.2) is 64.7 Å². The van der Waals surface area contributed by atoms with E-state index in [0.717, 1.165) is 6.92 Å². The van der Waals surface area contributed by atoms with Crippen LogP contribution in [0, 0.1) is 5.92 Å². The second-order valence-electron chi connectivity index (χ2n) is 8.74. The highest BCUT2D eigenvalue weighted by Gasteiger charge is 2.43. The number of ether oxygens (including phenoxy) is 1. The second-order valence-corrected chi connectivity index (χ2v) is 8.74. The van der Waals surface area contributed by atoms with Crippen molar-refractivity contribution in [3.63, 3.8) is 0 Å². The van der Waals surface area contributed by atoms with Crippen LogP contribution in [0.1, 0.15) is 25.5 Å². The summed E-state index contributed by atoms with van der Waals surface area (Å²) in [4.78, 5) is 30.6. The number of carbonyl (C=O) groups is 2. The van der Waals surface area contributed by atoms with E-state index in [1.807, 2.05) is 0 Å². The van der Waals surface area contributed by atoms with Gasteiger partial charge < -0.3 is 30.5 Å². The average molecular weight is 511 g/mol. The smallest absolute Gasteiger partial charge is 0.404 e. The zero-order chi connectivity index (χ0) is 26.3. The number of aliphatic hydroxyl groups is 2. The number of hydrogen-bond acceptors (Lipinski definition) is 7. The molecule has 1 aliphatic heterocycles. The Labute approximate surface area is 206 Å². The summed E-state index contributed by atoms with van der Waals surface area (Å²) in [5.74, 6) is -2.11. The Morgan fingerprint density at radius 3 is 2.44 bits per heavy atom. The van der Waals surface area contributed by atoms with Gasteiger partial charge in [-0.2, -0.15) is 0 Å². The van der Waals surface area contributed by atoms with Crippen LogP contribution >= 0.6 is 0 Å². The molecule has 12 heteroatoms. The van der Waals surface area contributed by atoms with Gasteiger partial charge in [-0.15, -0.1) is 13.2 Å². The monoisotopic (exact) mass is 510 g/mol. The van der Waals surface area contributed by atoms with Crippen LogP contribution in [0.4, 0.5) is 18.9 Å². The van der Waals surface area contributed by atoms with Gasteiger partial charge in [-0.1, -0.05) is 18.2 Å². The number of amides is 2. The highest BCUT2D eigenvalue weighted by molar-refractivity contribution is 5.93. The number of piperidine rings is 1. The quantitative estimate of drug-likeness (QED) is 0.405. The molecule has 2 amide bonds. The molecule has 2 aromatic rings. The molecular formula is C24H29F3N4O5. The minimum Gasteiger partial charge on any atom is -0.404 e. The van der Waals surface area contributed by atoms with Gasteiger partial charge in [-0.3, -0.25) is 14.6 Å². The second kappa shape index (κ2) is 11.6. The molecule has 1 fully saturated rings. The highest BCUT2D eigenvalue weighted by Crippen LogP contribution is 2.34. The fourth-order valence-corrected chi connectivity index (χ4v) is 3.88. The van der Waals surface area contributed by atoms with Crippen molar-refractivity contribution in [2.75, 3.05) is 24.5 Å². The number of alkyl halides is 3. The van der Waals surface area contributed by atoms with E-state index < -0.39 is 29.9 Å². The zero-order valence-corrected chi connectivity index (χ0v) is 19.7. The summed E-state index contributed by atoms with van der Waals surface area (Å²) in [5, 5.41) is 25.8. The molecule has 2 heterocycles. The topological polar surface area (TPSA) is 124 Å². The molecule has 0 bridgehead atoms. The maximum Gasteiger partial charge on any atom is 0.573 e. The number of para-hydroxylation sites is 2. The summed E-state index contributed by atoms with van der Waals surface area (Å²) in [6, 6.07) is 11.0. The Hall–Kier alpha value is -3.38. The molecule has 0 spiro atoms. The summed E-state index contributed by atoms with van der Waals surface area (Å²) in [6.45, 7) is 2.12. The molecule has 9 nitrogen and oxygen atoms in total. The summed E-state index contributed by atoms with van der Waals surface area (Å²) < 4.78 is 42.2. The number of hydrogen-bond donors (Lipinski definition) is 4. The third-order valence-electron chi connectivity index (χ3n) is 6.01. The fraction of sp³-hybridized carbons (Fsp3) is 0.458. The zero-order valence-electron chi connectivity index (χ0n) is 19.7. The summed E-state index contributed by atoms with van der Waals surface area (Å²) in [7, 11) is 0. The normalized spacial score (nSPS) is 17.1. The molecule has 2 atom stereocenters. The van der Waals surface area contributed by atoms with Gasteiger partial charge in [0, 0.05) is 25.8 Å². The van der Waals surface area contributed by atoms with Crippen LogP contribution in [0.2, 0.25) is 0 Å². The Morgan fingerprint density at radius 2 is 1.81 bits per heavy atom. The first-order valence-corrected chi connectivity index (χ1v) is 11.4. The Kier molecular flexibility index (Phi) is 8.75. The number of halogens is 3. The van der Waals surface area contributed by atoms with Crippen LogP contribution in [0.15, 0.2) is 48.7 Å². The number of anilines is 1. The van der Waals surface area contributed by atoms with Crippen molar-refractivity contribution in [3.05, 3.63) is 54.4 Å². The van der Waals surface area contributed by atoms with E-state index in [0.29, 0.717) is 37.3 Å². The molecule has 0 unspecified atom stereocenters. The van der Waals surface area contributed by atoms with Gasteiger partial charge >= 0.3 is 6.36 Å². The first-order valence-electron chi connectivity index (χ1n) is 11.4. The largest absolute Gasteiger partial charge is 0.573 e. The number of benzene rings is 1. The highest BCUT2D eigenvalue weighted by atomic mass is 19.4. The lowest BCUT2D eigenvalue weighted by Gasteiger charge is -2.35. The standard InChI is InChI=1S/C24H29F3N4O5/c1-23(35,20(32)21(33)29-15-17-6-4-5-11-28-17)22(34)30-14-16-9-12-31(13-10-16)18-7-2-3-8-19(18)36-24(25,26)27/h2-8,11,16,20,32,35H,9-10,12-15H2,1H3,(H,29,33)(H,30,34)/t20-,23+/m0/s1. The van der Waals surface area contributed by atoms with Crippen molar-refractivity contribution in [3.8, 4) is 5.75 Å². The number of nitrogens with zero attached hydrogens (tertiary/aromatic N) is 2. The first kappa shape index (κ1) is 27.2. The van der Waals surface area contributed by atoms with E-state index in [9.17, 15) is 33.0 Å². The van der Waals surface area contributed by atoms with Gasteiger partial charge in [-0.05, 0) is 49.9 Å². The number of aliphatic hydroxyl groups excluding tert-OH is 1. The first-order chi connectivity index (χ1) is 17.0. The van der Waals surface area contributed by atoms with Gasteiger partial charge in [0.2, 0.25) is 0 Å². The Bertz CT molecular complexity index is 1030. The molecular weight excluding hydrogens is 481 g/mol. The summed E-state index contributed by atoms with van der Waals surface area (Å²) in [5.41, 5.74) is -1.50. The van der Waals surface area contributed by atoms with Crippen LogP contribution in [-0.2, 0) is 16.1 Å². The van der Waals surface area contributed by atoms with Crippen LogP contribution in [0.3, 0.4) is 0 Å².